The molecule has 0 aromatic heterocycles. The highest BCUT2D eigenvalue weighted by atomic mass is 35.5. The third-order valence-corrected chi connectivity index (χ3v) is 7.04. The Bertz CT molecular complexity index is 1330. The van der Waals surface area contributed by atoms with E-state index in [1.54, 1.807) is 23.1 Å². The lowest BCUT2D eigenvalue weighted by Gasteiger charge is -2.32. The molecular weight excluding hydrogens is 515 g/mol. The third kappa shape index (κ3) is 7.95. The van der Waals surface area contributed by atoms with Crippen LogP contribution in [0.5, 0.6) is 0 Å². The zero-order valence-electron chi connectivity index (χ0n) is 21.0. The molecule has 0 saturated heterocycles. The lowest BCUT2D eigenvalue weighted by molar-refractivity contribution is -0.141. The van der Waals surface area contributed by atoms with Crippen LogP contribution in [0.15, 0.2) is 109 Å². The van der Waals surface area contributed by atoms with E-state index in [2.05, 4.69) is 5.32 Å². The fourth-order valence-corrected chi connectivity index (χ4v) is 4.65. The van der Waals surface area contributed by atoms with Crippen molar-refractivity contribution in [3.8, 4) is 0 Å². The third-order valence-electron chi connectivity index (χ3n) is 6.42. The largest absolute Gasteiger partial charge is 0.350 e. The van der Waals surface area contributed by atoms with Gasteiger partial charge in [0.15, 0.2) is 0 Å². The van der Waals surface area contributed by atoms with Gasteiger partial charge in [0, 0.05) is 36.0 Å². The van der Waals surface area contributed by atoms with Crippen LogP contribution in [0.2, 0.25) is 10.0 Å². The number of hydrogen-bond acceptors (Lipinski definition) is 2. The van der Waals surface area contributed by atoms with E-state index in [4.69, 9.17) is 23.2 Å². The van der Waals surface area contributed by atoms with Crippen LogP contribution in [0.4, 0.5) is 0 Å². The Balaban J connectivity index is 1.61. The van der Waals surface area contributed by atoms with E-state index in [1.807, 2.05) is 91.0 Å². The van der Waals surface area contributed by atoms with Crippen molar-refractivity contribution in [1.29, 1.82) is 0 Å². The predicted molar refractivity (Wildman–Crippen MR) is 154 cm³/mol. The molecule has 0 saturated carbocycles. The summed E-state index contributed by atoms with van der Waals surface area (Å²) in [6.45, 7) is 0.568. The van der Waals surface area contributed by atoms with Crippen LogP contribution in [0, 0.1) is 0 Å². The van der Waals surface area contributed by atoms with Crippen LogP contribution in [-0.4, -0.2) is 22.8 Å². The predicted octanol–water partition coefficient (Wildman–Crippen LogP) is 6.88. The monoisotopic (exact) mass is 544 g/mol. The van der Waals surface area contributed by atoms with Gasteiger partial charge in [0.05, 0.1) is 0 Å². The van der Waals surface area contributed by atoms with Crippen LogP contribution in [0.1, 0.15) is 28.7 Å². The van der Waals surface area contributed by atoms with E-state index in [1.165, 1.54) is 0 Å². The molecule has 6 heteroatoms. The molecule has 38 heavy (non-hydrogen) atoms. The molecule has 0 aliphatic rings. The summed E-state index contributed by atoms with van der Waals surface area (Å²) in [5.41, 5.74) is 3.78. The molecule has 0 aliphatic heterocycles. The number of halogens is 2. The van der Waals surface area contributed by atoms with Crippen molar-refractivity contribution >= 4 is 35.0 Å². The Labute approximate surface area is 234 Å². The Kier molecular flexibility index (Phi) is 9.97. The molecule has 4 aromatic rings. The van der Waals surface area contributed by atoms with Crippen LogP contribution in [0.25, 0.3) is 0 Å². The standard InChI is InChI=1S/C32H30Cl2N2O2/c33-28-18-15-26(16-19-28)23-36(31(37)20-17-24-9-3-1-4-10-24)30(21-25-11-5-2-6-12-25)32(38)35-22-27-13-7-8-14-29(27)34/h1-16,18-19,30H,17,20-23H2,(H,35,38)/t30-/m0/s1. The minimum atomic E-state index is -0.709. The Morgan fingerprint density at radius 2 is 1.32 bits per heavy atom. The van der Waals surface area contributed by atoms with Crippen LogP contribution in [-0.2, 0) is 35.5 Å². The Hall–Kier alpha value is -3.60. The Morgan fingerprint density at radius 1 is 0.711 bits per heavy atom. The van der Waals surface area contributed by atoms with Crippen molar-refractivity contribution in [2.24, 2.45) is 0 Å². The van der Waals surface area contributed by atoms with E-state index in [9.17, 15) is 9.59 Å². The fraction of sp³-hybridized carbons (Fsp3) is 0.188. The van der Waals surface area contributed by atoms with Gasteiger partial charge in [0.25, 0.3) is 0 Å². The van der Waals surface area contributed by atoms with Crippen LogP contribution in [0.3, 0.4) is 0 Å². The number of nitrogens with zero attached hydrogens (tertiary/aromatic N) is 1. The summed E-state index contributed by atoms with van der Waals surface area (Å²) in [6, 6.07) is 33.7. The molecule has 1 atom stereocenters. The van der Waals surface area contributed by atoms with Gasteiger partial charge in [-0.05, 0) is 46.9 Å². The molecule has 0 bridgehead atoms. The fourth-order valence-electron chi connectivity index (χ4n) is 4.32. The summed E-state index contributed by atoms with van der Waals surface area (Å²) in [5.74, 6) is -0.312. The SMILES string of the molecule is O=C(NCc1ccccc1Cl)[C@H](Cc1ccccc1)N(Cc1ccc(Cl)cc1)C(=O)CCc1ccccc1. The summed E-state index contributed by atoms with van der Waals surface area (Å²) in [5, 5.41) is 4.23. The second-order valence-electron chi connectivity index (χ2n) is 9.15. The molecule has 1 N–H and O–H groups in total. The number of aryl methyl sites for hydroxylation is 1. The summed E-state index contributed by atoms with van der Waals surface area (Å²) >= 11 is 12.4. The maximum absolute atomic E-state index is 13.8. The zero-order valence-corrected chi connectivity index (χ0v) is 22.5. The molecule has 4 aromatic carbocycles. The smallest absolute Gasteiger partial charge is 0.243 e. The minimum absolute atomic E-state index is 0.0855. The van der Waals surface area contributed by atoms with Crippen molar-refractivity contribution in [1.82, 2.24) is 10.2 Å². The van der Waals surface area contributed by atoms with E-state index in [0.29, 0.717) is 35.9 Å². The molecule has 0 radical (unpaired) electrons. The first-order valence-electron chi connectivity index (χ1n) is 12.6. The molecule has 2 amide bonds. The van der Waals surface area contributed by atoms with Gasteiger partial charge in [-0.25, -0.2) is 0 Å². The lowest BCUT2D eigenvalue weighted by atomic mass is 10.0. The van der Waals surface area contributed by atoms with Crippen LogP contribution >= 0.6 is 23.2 Å². The maximum Gasteiger partial charge on any atom is 0.243 e. The van der Waals surface area contributed by atoms with Crippen LogP contribution < -0.4 is 5.32 Å². The molecule has 0 aliphatic carbocycles. The van der Waals surface area contributed by atoms with Crippen molar-refractivity contribution in [3.63, 3.8) is 0 Å². The summed E-state index contributed by atoms with van der Waals surface area (Å²) in [4.78, 5) is 29.2. The van der Waals surface area contributed by atoms with Crippen molar-refractivity contribution in [3.05, 3.63) is 141 Å². The topological polar surface area (TPSA) is 49.4 Å². The number of amides is 2. The summed E-state index contributed by atoms with van der Waals surface area (Å²) in [7, 11) is 0. The number of benzene rings is 4. The zero-order chi connectivity index (χ0) is 26.7. The average molecular weight is 546 g/mol. The van der Waals surface area contributed by atoms with Crippen molar-refractivity contribution in [2.75, 3.05) is 0 Å². The van der Waals surface area contributed by atoms with Gasteiger partial charge in [-0.3, -0.25) is 9.59 Å². The normalized spacial score (nSPS) is 11.5. The molecule has 194 valence electrons. The average Bonchev–Trinajstić information content (AvgIpc) is 2.95. The first kappa shape index (κ1) is 27.4. The first-order chi connectivity index (χ1) is 18.5. The molecular formula is C32H30Cl2N2O2. The Morgan fingerprint density at radius 3 is 1.97 bits per heavy atom. The number of carbonyl (C=O) groups is 2. The number of hydrogen-bond donors (Lipinski definition) is 1. The second-order valence-corrected chi connectivity index (χ2v) is 9.99. The first-order valence-corrected chi connectivity index (χ1v) is 13.4. The van der Waals surface area contributed by atoms with Gasteiger partial charge in [-0.2, -0.15) is 0 Å². The molecule has 4 nitrogen and oxygen atoms in total. The number of rotatable bonds is 11. The van der Waals surface area contributed by atoms with Gasteiger partial charge in [-0.1, -0.05) is 114 Å². The van der Waals surface area contributed by atoms with E-state index in [-0.39, 0.29) is 18.4 Å². The highest BCUT2D eigenvalue weighted by Gasteiger charge is 2.30. The molecule has 0 spiro atoms. The van der Waals surface area contributed by atoms with Gasteiger partial charge in [-0.15, -0.1) is 0 Å². The van der Waals surface area contributed by atoms with Gasteiger partial charge >= 0.3 is 0 Å². The van der Waals surface area contributed by atoms with Crippen molar-refractivity contribution in [2.45, 2.75) is 38.4 Å². The van der Waals surface area contributed by atoms with Gasteiger partial charge in [0.1, 0.15) is 6.04 Å². The number of carbonyl (C=O) groups excluding carboxylic acids is 2. The second kappa shape index (κ2) is 13.8. The molecule has 0 fully saturated rings. The maximum atomic E-state index is 13.8. The van der Waals surface area contributed by atoms with Crippen molar-refractivity contribution < 1.29 is 9.59 Å². The van der Waals surface area contributed by atoms with E-state index >= 15 is 0 Å². The highest BCUT2D eigenvalue weighted by Crippen LogP contribution is 2.19. The van der Waals surface area contributed by atoms with Gasteiger partial charge < -0.3 is 10.2 Å². The molecule has 0 unspecified atom stereocenters. The highest BCUT2D eigenvalue weighted by molar-refractivity contribution is 6.31. The van der Waals surface area contributed by atoms with E-state index < -0.39 is 6.04 Å². The quantitative estimate of drug-likeness (QED) is 0.223. The lowest BCUT2D eigenvalue weighted by Crippen LogP contribution is -2.50. The summed E-state index contributed by atoms with van der Waals surface area (Å²) in [6.07, 6.45) is 1.27. The van der Waals surface area contributed by atoms with E-state index in [0.717, 1.165) is 22.3 Å². The molecule has 0 heterocycles. The minimum Gasteiger partial charge on any atom is -0.350 e. The summed E-state index contributed by atoms with van der Waals surface area (Å²) < 4.78 is 0. The van der Waals surface area contributed by atoms with Gasteiger partial charge in [0.2, 0.25) is 11.8 Å². The molecule has 4 rings (SSSR count). The number of nitrogens with one attached hydrogen (secondary N) is 1.